The summed E-state index contributed by atoms with van der Waals surface area (Å²) < 4.78 is 5.18. The van der Waals surface area contributed by atoms with Gasteiger partial charge in [-0.05, 0) is 44.9 Å². The second kappa shape index (κ2) is 6.23. The average Bonchev–Trinajstić information content (AvgIpc) is 2.17. The third kappa shape index (κ3) is 6.05. The number of alkyl halides is 1. The maximum atomic E-state index is 11.5. The van der Waals surface area contributed by atoms with E-state index in [9.17, 15) is 4.79 Å². The first-order valence-corrected chi connectivity index (χ1v) is 6.91. The Kier molecular flexibility index (Phi) is 5.20. The van der Waals surface area contributed by atoms with E-state index in [0.29, 0.717) is 4.83 Å². The van der Waals surface area contributed by atoms with Crippen LogP contribution in [-0.4, -0.2) is 16.5 Å². The monoisotopic (exact) mass is 313 g/mol. The van der Waals surface area contributed by atoms with Gasteiger partial charge in [-0.1, -0.05) is 35.0 Å². The summed E-state index contributed by atoms with van der Waals surface area (Å²) in [5, 5.41) is 2.71. The number of halogens is 1. The molecule has 1 amide bonds. The Morgan fingerprint density at radius 1 is 1.33 bits per heavy atom. The van der Waals surface area contributed by atoms with Gasteiger partial charge in [0.25, 0.3) is 0 Å². The zero-order chi connectivity index (χ0) is 13.8. The van der Waals surface area contributed by atoms with Crippen molar-refractivity contribution in [2.24, 2.45) is 0 Å². The molecule has 4 heteroatoms. The van der Waals surface area contributed by atoms with Gasteiger partial charge in [-0.2, -0.15) is 0 Å². The molecule has 0 bridgehead atoms. The highest BCUT2D eigenvalue weighted by molar-refractivity contribution is 9.09. The van der Waals surface area contributed by atoms with E-state index in [1.807, 2.05) is 45.0 Å². The fourth-order valence-corrected chi connectivity index (χ4v) is 1.84. The topological polar surface area (TPSA) is 38.3 Å². The number of amides is 1. The number of rotatable bonds is 3. The number of nitrogens with one attached hydrogen (secondary N) is 1. The molecule has 1 atom stereocenters. The van der Waals surface area contributed by atoms with Crippen LogP contribution in [0.2, 0.25) is 0 Å². The highest BCUT2D eigenvalue weighted by atomic mass is 79.9. The molecule has 0 aromatic heterocycles. The molecule has 1 rings (SSSR count). The molecule has 0 aliphatic heterocycles. The van der Waals surface area contributed by atoms with Gasteiger partial charge in [-0.25, -0.2) is 4.79 Å². The van der Waals surface area contributed by atoms with Crippen molar-refractivity contribution in [3.8, 4) is 0 Å². The summed E-state index contributed by atoms with van der Waals surface area (Å²) in [5.41, 5.74) is 1.50. The Balaban J connectivity index is 2.56. The predicted octanol–water partition coefficient (Wildman–Crippen LogP) is 4.36. The van der Waals surface area contributed by atoms with Gasteiger partial charge in [0.15, 0.2) is 0 Å². The normalized spacial score (nSPS) is 12.9. The molecule has 1 aromatic carbocycles. The molecular weight excluding hydrogens is 294 g/mol. The van der Waals surface area contributed by atoms with Crippen molar-refractivity contribution in [3.05, 3.63) is 29.8 Å². The Labute approximate surface area is 117 Å². The molecule has 0 saturated heterocycles. The lowest BCUT2D eigenvalue weighted by Gasteiger charge is -2.19. The van der Waals surface area contributed by atoms with Crippen LogP contribution >= 0.6 is 15.9 Å². The lowest BCUT2D eigenvalue weighted by molar-refractivity contribution is 0.0636. The molecule has 3 nitrogen and oxygen atoms in total. The number of ether oxygens (including phenoxy) is 1. The summed E-state index contributed by atoms with van der Waals surface area (Å²) in [6.45, 7) is 7.63. The Morgan fingerprint density at radius 2 is 1.89 bits per heavy atom. The quantitative estimate of drug-likeness (QED) is 0.842. The van der Waals surface area contributed by atoms with Crippen LogP contribution in [0.25, 0.3) is 0 Å². The fraction of sp³-hybridized carbons (Fsp3) is 0.500. The minimum Gasteiger partial charge on any atom is -0.444 e. The average molecular weight is 314 g/mol. The first-order valence-electron chi connectivity index (χ1n) is 5.99. The summed E-state index contributed by atoms with van der Waals surface area (Å²) in [7, 11) is 0. The number of carbonyl (C=O) groups is 1. The van der Waals surface area contributed by atoms with Crippen molar-refractivity contribution in [1.29, 1.82) is 0 Å². The van der Waals surface area contributed by atoms with E-state index in [0.717, 1.165) is 12.1 Å². The summed E-state index contributed by atoms with van der Waals surface area (Å²) in [6.07, 6.45) is 0.538. The van der Waals surface area contributed by atoms with E-state index in [-0.39, 0.29) is 0 Å². The largest absolute Gasteiger partial charge is 0.444 e. The van der Waals surface area contributed by atoms with Gasteiger partial charge in [0.2, 0.25) is 0 Å². The Hall–Kier alpha value is -1.03. The smallest absolute Gasteiger partial charge is 0.412 e. The van der Waals surface area contributed by atoms with Crippen LogP contribution in [0.4, 0.5) is 10.5 Å². The minimum absolute atomic E-state index is 0.427. The van der Waals surface area contributed by atoms with Gasteiger partial charge in [0, 0.05) is 10.5 Å². The lowest BCUT2D eigenvalue weighted by atomic mass is 10.1. The van der Waals surface area contributed by atoms with Gasteiger partial charge in [-0.15, -0.1) is 0 Å². The molecule has 0 heterocycles. The number of carbonyl (C=O) groups excluding carboxylic acids is 1. The summed E-state index contributed by atoms with van der Waals surface area (Å²) in [5.74, 6) is 0. The molecule has 18 heavy (non-hydrogen) atoms. The Morgan fingerprint density at radius 3 is 2.33 bits per heavy atom. The second-order valence-electron chi connectivity index (χ2n) is 5.31. The number of anilines is 1. The van der Waals surface area contributed by atoms with Crippen LogP contribution < -0.4 is 5.32 Å². The first-order chi connectivity index (χ1) is 8.26. The SMILES string of the molecule is CC(Br)Cc1ccc(NC(=O)OC(C)(C)C)cc1. The molecule has 0 spiro atoms. The van der Waals surface area contributed by atoms with Gasteiger partial charge < -0.3 is 4.74 Å². The molecule has 0 fully saturated rings. The lowest BCUT2D eigenvalue weighted by Crippen LogP contribution is -2.27. The summed E-state index contributed by atoms with van der Waals surface area (Å²) >= 11 is 3.51. The number of hydrogen-bond donors (Lipinski definition) is 1. The van der Waals surface area contributed by atoms with Crippen LogP contribution in [0.3, 0.4) is 0 Å². The van der Waals surface area contributed by atoms with E-state index < -0.39 is 11.7 Å². The van der Waals surface area contributed by atoms with E-state index >= 15 is 0 Å². The highest BCUT2D eigenvalue weighted by Gasteiger charge is 2.16. The van der Waals surface area contributed by atoms with Crippen molar-refractivity contribution in [2.75, 3.05) is 5.32 Å². The number of benzene rings is 1. The predicted molar refractivity (Wildman–Crippen MR) is 78.4 cm³/mol. The van der Waals surface area contributed by atoms with E-state index in [1.54, 1.807) is 0 Å². The highest BCUT2D eigenvalue weighted by Crippen LogP contribution is 2.15. The van der Waals surface area contributed by atoms with Crippen LogP contribution in [0.5, 0.6) is 0 Å². The van der Waals surface area contributed by atoms with Gasteiger partial charge in [0.05, 0.1) is 0 Å². The number of hydrogen-bond acceptors (Lipinski definition) is 2. The van der Waals surface area contributed by atoms with Crippen molar-refractivity contribution < 1.29 is 9.53 Å². The summed E-state index contributed by atoms with van der Waals surface area (Å²) in [6, 6.07) is 7.78. The molecule has 0 aliphatic rings. The standard InChI is InChI=1S/C14H20BrNO2/c1-10(15)9-11-5-7-12(8-6-11)16-13(17)18-14(2,3)4/h5-8,10H,9H2,1-4H3,(H,16,17). The van der Waals surface area contributed by atoms with Crippen LogP contribution in [0.15, 0.2) is 24.3 Å². The van der Waals surface area contributed by atoms with Crippen LogP contribution in [-0.2, 0) is 11.2 Å². The van der Waals surface area contributed by atoms with Gasteiger partial charge >= 0.3 is 6.09 Å². The van der Waals surface area contributed by atoms with E-state index in [2.05, 4.69) is 28.2 Å². The molecule has 0 saturated carbocycles. The third-order valence-electron chi connectivity index (χ3n) is 2.12. The minimum atomic E-state index is -0.477. The molecule has 1 unspecified atom stereocenters. The van der Waals surface area contributed by atoms with Crippen molar-refractivity contribution in [1.82, 2.24) is 0 Å². The molecule has 1 aromatic rings. The van der Waals surface area contributed by atoms with Crippen LogP contribution in [0, 0.1) is 0 Å². The molecule has 100 valence electrons. The van der Waals surface area contributed by atoms with Gasteiger partial charge in [0.1, 0.15) is 5.60 Å². The molecule has 0 radical (unpaired) electrons. The molecular formula is C14H20BrNO2. The van der Waals surface area contributed by atoms with E-state index in [1.165, 1.54) is 5.56 Å². The molecule has 1 N–H and O–H groups in total. The van der Waals surface area contributed by atoms with Crippen molar-refractivity contribution >= 4 is 27.7 Å². The molecule has 0 aliphatic carbocycles. The summed E-state index contributed by atoms with van der Waals surface area (Å²) in [4.78, 5) is 12.0. The second-order valence-corrected chi connectivity index (χ2v) is 6.87. The first kappa shape index (κ1) is 15.0. The zero-order valence-electron chi connectivity index (χ0n) is 11.3. The van der Waals surface area contributed by atoms with Crippen molar-refractivity contribution in [2.45, 2.75) is 44.5 Å². The van der Waals surface area contributed by atoms with E-state index in [4.69, 9.17) is 4.74 Å². The zero-order valence-corrected chi connectivity index (χ0v) is 12.9. The van der Waals surface area contributed by atoms with Crippen molar-refractivity contribution in [3.63, 3.8) is 0 Å². The van der Waals surface area contributed by atoms with Gasteiger partial charge in [-0.3, -0.25) is 5.32 Å². The third-order valence-corrected chi connectivity index (χ3v) is 2.44. The maximum Gasteiger partial charge on any atom is 0.412 e. The maximum absolute atomic E-state index is 11.5. The fourth-order valence-electron chi connectivity index (χ4n) is 1.47. The Bertz CT molecular complexity index is 393. The van der Waals surface area contributed by atoms with Crippen LogP contribution in [0.1, 0.15) is 33.3 Å².